The van der Waals surface area contributed by atoms with Crippen molar-refractivity contribution in [3.63, 3.8) is 0 Å². The van der Waals surface area contributed by atoms with E-state index in [4.69, 9.17) is 15.8 Å². The van der Waals surface area contributed by atoms with E-state index in [-0.39, 0.29) is 6.42 Å². The van der Waals surface area contributed by atoms with E-state index >= 15 is 0 Å². The van der Waals surface area contributed by atoms with Crippen LogP contribution in [0.3, 0.4) is 0 Å². The number of hydrogen-bond donors (Lipinski definition) is 0. The van der Waals surface area contributed by atoms with Gasteiger partial charge < -0.3 is 4.74 Å². The number of azide groups is 1. The lowest BCUT2D eigenvalue weighted by Gasteiger charge is -2.22. The lowest BCUT2D eigenvalue weighted by molar-refractivity contribution is 0.0892. The molecule has 8 nitrogen and oxygen atoms in total. The Morgan fingerprint density at radius 3 is 2.12 bits per heavy atom. The summed E-state index contributed by atoms with van der Waals surface area (Å²) in [6.07, 6.45) is -0.0567. The van der Waals surface area contributed by atoms with Crippen LogP contribution < -0.4 is 4.74 Å². The normalized spacial score (nSPS) is 12.2. The quantitative estimate of drug-likeness (QED) is 0.323. The monoisotopic (exact) mass is 322 g/mol. The molecule has 24 heavy (non-hydrogen) atoms. The molecule has 0 saturated heterocycles. The van der Waals surface area contributed by atoms with Crippen molar-refractivity contribution in [3.8, 4) is 5.75 Å². The van der Waals surface area contributed by atoms with Gasteiger partial charge in [-0.3, -0.25) is 4.79 Å². The van der Waals surface area contributed by atoms with Crippen LogP contribution in [0.15, 0.2) is 64.8 Å². The second-order valence-electron chi connectivity index (χ2n) is 4.92. The molecule has 2 aromatic rings. The standard InChI is InChI=1S/C16H14N6O2/c1-24-14-9-7-12(8-10-14)11-16(19-21-17,20-22-18)15(23)13-5-3-2-4-6-13/h2-10H,11H2,1H3. The summed E-state index contributed by atoms with van der Waals surface area (Å²) < 4.78 is 5.08. The molecule has 0 heterocycles. The first-order chi connectivity index (χ1) is 11.6. The lowest BCUT2D eigenvalue weighted by atomic mass is 9.92. The second-order valence-corrected chi connectivity index (χ2v) is 4.92. The van der Waals surface area contributed by atoms with Gasteiger partial charge in [-0.25, -0.2) is 0 Å². The summed E-state index contributed by atoms with van der Waals surface area (Å²) in [7, 11) is 1.54. The molecular weight excluding hydrogens is 308 g/mol. The van der Waals surface area contributed by atoms with Crippen LogP contribution in [-0.2, 0) is 6.42 Å². The Hall–Kier alpha value is -3.47. The zero-order valence-electron chi connectivity index (χ0n) is 12.9. The van der Waals surface area contributed by atoms with Crippen molar-refractivity contribution >= 4 is 5.78 Å². The molecule has 0 aliphatic heterocycles. The zero-order chi connectivity index (χ0) is 17.4. The maximum absolute atomic E-state index is 12.8. The van der Waals surface area contributed by atoms with E-state index in [9.17, 15) is 4.79 Å². The first kappa shape index (κ1) is 16.9. The molecule has 0 radical (unpaired) electrons. The molecule has 0 spiro atoms. The lowest BCUT2D eigenvalue weighted by Crippen LogP contribution is -2.36. The smallest absolute Gasteiger partial charge is 0.193 e. The van der Waals surface area contributed by atoms with E-state index < -0.39 is 11.4 Å². The third-order valence-corrected chi connectivity index (χ3v) is 3.43. The van der Waals surface area contributed by atoms with Crippen LogP contribution in [0.1, 0.15) is 15.9 Å². The summed E-state index contributed by atoms with van der Waals surface area (Å²) in [5.41, 5.74) is 16.8. The van der Waals surface area contributed by atoms with Gasteiger partial charge in [-0.05, 0) is 35.2 Å². The Morgan fingerprint density at radius 2 is 1.62 bits per heavy atom. The van der Waals surface area contributed by atoms with Crippen molar-refractivity contribution in [2.45, 2.75) is 12.1 Å². The zero-order valence-corrected chi connectivity index (χ0v) is 12.9. The van der Waals surface area contributed by atoms with Crippen molar-refractivity contribution in [1.82, 2.24) is 0 Å². The first-order valence-electron chi connectivity index (χ1n) is 7.00. The summed E-state index contributed by atoms with van der Waals surface area (Å²) in [4.78, 5) is 18.3. The molecule has 0 bridgehead atoms. The van der Waals surface area contributed by atoms with E-state index in [1.165, 1.54) is 7.11 Å². The summed E-state index contributed by atoms with van der Waals surface area (Å²) in [6, 6.07) is 15.1. The fourth-order valence-electron chi connectivity index (χ4n) is 2.26. The van der Waals surface area contributed by atoms with Gasteiger partial charge in [0.05, 0.1) is 7.11 Å². The maximum atomic E-state index is 12.8. The fraction of sp³-hybridized carbons (Fsp3) is 0.188. The van der Waals surface area contributed by atoms with Crippen molar-refractivity contribution < 1.29 is 9.53 Å². The minimum absolute atomic E-state index is 0.0567. The number of carbonyl (C=O) groups is 1. The number of methoxy groups -OCH3 is 1. The minimum atomic E-state index is -1.90. The molecule has 2 rings (SSSR count). The van der Waals surface area contributed by atoms with Gasteiger partial charge in [0.2, 0.25) is 0 Å². The number of carbonyl (C=O) groups excluding carboxylic acids is 1. The molecule has 0 aromatic heterocycles. The van der Waals surface area contributed by atoms with E-state index in [0.29, 0.717) is 16.9 Å². The van der Waals surface area contributed by atoms with Crippen LogP contribution in [0, 0.1) is 0 Å². The van der Waals surface area contributed by atoms with Gasteiger partial charge in [-0.2, -0.15) is 0 Å². The Bertz CT molecular complexity index is 788. The summed E-state index contributed by atoms with van der Waals surface area (Å²) in [6.45, 7) is 0. The van der Waals surface area contributed by atoms with Crippen molar-refractivity contribution in [2.24, 2.45) is 10.2 Å². The van der Waals surface area contributed by atoms with Gasteiger partial charge in [0.25, 0.3) is 0 Å². The van der Waals surface area contributed by atoms with Gasteiger partial charge >= 0.3 is 0 Å². The van der Waals surface area contributed by atoms with E-state index in [1.807, 2.05) is 0 Å². The van der Waals surface area contributed by atoms with Crippen LogP contribution >= 0.6 is 0 Å². The Balaban J connectivity index is 2.47. The number of rotatable bonds is 7. The SMILES string of the molecule is COc1ccc(CC(N=[N+]=[N-])(N=[N+]=[N-])C(=O)c2ccccc2)cc1. The number of Topliss-reactive ketones (excluding diaryl/α,β-unsaturated/α-hetero) is 1. The highest BCUT2D eigenvalue weighted by atomic mass is 16.5. The fourth-order valence-corrected chi connectivity index (χ4v) is 2.26. The molecule has 0 amide bonds. The van der Waals surface area contributed by atoms with Crippen LogP contribution in [0.4, 0.5) is 0 Å². The second kappa shape index (κ2) is 7.69. The molecule has 0 atom stereocenters. The Kier molecular flexibility index (Phi) is 5.41. The molecule has 0 N–H and O–H groups in total. The molecule has 2 aromatic carbocycles. The molecule has 120 valence electrons. The number of ketones is 1. The maximum Gasteiger partial charge on any atom is 0.193 e. The van der Waals surface area contributed by atoms with Crippen molar-refractivity contribution in [3.05, 3.63) is 86.6 Å². The van der Waals surface area contributed by atoms with Crippen LogP contribution in [0.5, 0.6) is 5.75 Å². The topological polar surface area (TPSA) is 124 Å². The largest absolute Gasteiger partial charge is 0.497 e. The molecule has 0 saturated carbocycles. The van der Waals surface area contributed by atoms with Gasteiger partial charge in [0.1, 0.15) is 5.75 Å². The number of benzene rings is 2. The summed E-state index contributed by atoms with van der Waals surface area (Å²) >= 11 is 0. The van der Waals surface area contributed by atoms with E-state index in [1.54, 1.807) is 54.6 Å². The Morgan fingerprint density at radius 1 is 1.04 bits per heavy atom. The minimum Gasteiger partial charge on any atom is -0.497 e. The third-order valence-electron chi connectivity index (χ3n) is 3.43. The number of hydrogen-bond acceptors (Lipinski definition) is 4. The summed E-state index contributed by atoms with van der Waals surface area (Å²) in [5.74, 6) is 0.0841. The predicted molar refractivity (Wildman–Crippen MR) is 88.5 cm³/mol. The van der Waals surface area contributed by atoms with Crippen LogP contribution in [0.2, 0.25) is 0 Å². The molecule has 0 unspecified atom stereocenters. The highest BCUT2D eigenvalue weighted by Crippen LogP contribution is 2.27. The van der Waals surface area contributed by atoms with Gasteiger partial charge in [0, 0.05) is 15.4 Å². The van der Waals surface area contributed by atoms with Gasteiger partial charge in [0.15, 0.2) is 11.4 Å². The van der Waals surface area contributed by atoms with E-state index in [2.05, 4.69) is 20.1 Å². The average Bonchev–Trinajstić information content (AvgIpc) is 2.63. The van der Waals surface area contributed by atoms with Crippen molar-refractivity contribution in [2.75, 3.05) is 7.11 Å². The van der Waals surface area contributed by atoms with E-state index in [0.717, 1.165) is 0 Å². The van der Waals surface area contributed by atoms with Gasteiger partial charge in [-0.1, -0.05) is 52.7 Å². The first-order valence-corrected chi connectivity index (χ1v) is 7.00. The van der Waals surface area contributed by atoms with Crippen molar-refractivity contribution in [1.29, 1.82) is 0 Å². The highest BCUT2D eigenvalue weighted by Gasteiger charge is 2.37. The predicted octanol–water partition coefficient (Wildman–Crippen LogP) is 4.44. The molecule has 0 aliphatic carbocycles. The Labute approximate surface area is 137 Å². The van der Waals surface area contributed by atoms with Crippen LogP contribution in [-0.4, -0.2) is 18.6 Å². The molecule has 0 aliphatic rings. The highest BCUT2D eigenvalue weighted by molar-refractivity contribution is 6.03. The van der Waals surface area contributed by atoms with Gasteiger partial charge in [-0.15, -0.1) is 0 Å². The third kappa shape index (κ3) is 3.64. The summed E-state index contributed by atoms with van der Waals surface area (Å²) in [5, 5.41) is 7.08. The van der Waals surface area contributed by atoms with Crippen LogP contribution in [0.25, 0.3) is 20.9 Å². The molecule has 0 fully saturated rings. The average molecular weight is 322 g/mol. The number of ether oxygens (including phenoxy) is 1. The molecule has 8 heteroatoms. The number of nitrogens with zero attached hydrogens (tertiary/aromatic N) is 6. The molecular formula is C16H14N6O2.